The molecular weight excluding hydrogens is 376 g/mol. The lowest BCUT2D eigenvalue weighted by Crippen LogP contribution is -2.35. The highest BCUT2D eigenvalue weighted by Crippen LogP contribution is 2.32. The lowest BCUT2D eigenvalue weighted by atomic mass is 10.1. The highest BCUT2D eigenvalue weighted by atomic mass is 19.3. The van der Waals surface area contributed by atoms with Crippen LogP contribution in [0.3, 0.4) is 0 Å². The van der Waals surface area contributed by atoms with E-state index >= 15 is 0 Å². The molecule has 8 heteroatoms. The van der Waals surface area contributed by atoms with Gasteiger partial charge in [-0.15, -0.1) is 0 Å². The van der Waals surface area contributed by atoms with Crippen molar-refractivity contribution in [3.63, 3.8) is 0 Å². The summed E-state index contributed by atoms with van der Waals surface area (Å²) in [4.78, 5) is 6.61. The standard InChI is InChI=1S/C21H25F2N5O/c1-13-10-20-24-11-17(15(3)28(20)26-13)14(2)25-16-8-9-27(12-16)18-6-4-5-7-19(18)29-21(22)23/h4-7,10-11,14,16,21,25H,8-9,12H2,1-3H3. The highest BCUT2D eigenvalue weighted by Gasteiger charge is 2.27. The molecule has 4 rings (SSSR count). The van der Waals surface area contributed by atoms with Crippen molar-refractivity contribution >= 4 is 11.3 Å². The monoisotopic (exact) mass is 401 g/mol. The van der Waals surface area contributed by atoms with Crippen molar-refractivity contribution < 1.29 is 13.5 Å². The van der Waals surface area contributed by atoms with Gasteiger partial charge in [-0.1, -0.05) is 12.1 Å². The molecule has 0 radical (unpaired) electrons. The average Bonchev–Trinajstić information content (AvgIpc) is 3.28. The van der Waals surface area contributed by atoms with Crippen LogP contribution >= 0.6 is 0 Å². The molecule has 1 aliphatic heterocycles. The Hall–Kier alpha value is -2.74. The van der Waals surface area contributed by atoms with Crippen LogP contribution in [0, 0.1) is 13.8 Å². The van der Waals surface area contributed by atoms with E-state index in [1.165, 1.54) is 0 Å². The molecule has 1 N–H and O–H groups in total. The van der Waals surface area contributed by atoms with Crippen molar-refractivity contribution in [1.29, 1.82) is 0 Å². The van der Waals surface area contributed by atoms with Gasteiger partial charge in [-0.25, -0.2) is 9.50 Å². The molecule has 1 aliphatic rings. The fourth-order valence-electron chi connectivity index (χ4n) is 4.07. The van der Waals surface area contributed by atoms with Gasteiger partial charge < -0.3 is 15.0 Å². The fourth-order valence-corrected chi connectivity index (χ4v) is 4.07. The minimum Gasteiger partial charge on any atom is -0.433 e. The molecule has 3 aromatic rings. The smallest absolute Gasteiger partial charge is 0.387 e. The van der Waals surface area contributed by atoms with Crippen LogP contribution in [0.25, 0.3) is 5.65 Å². The van der Waals surface area contributed by atoms with E-state index in [1.807, 2.05) is 42.8 Å². The zero-order valence-corrected chi connectivity index (χ0v) is 16.8. The maximum atomic E-state index is 12.7. The van der Waals surface area contributed by atoms with E-state index in [-0.39, 0.29) is 17.8 Å². The number of para-hydroxylation sites is 2. The first-order chi connectivity index (χ1) is 13.9. The van der Waals surface area contributed by atoms with Crippen LogP contribution < -0.4 is 15.0 Å². The van der Waals surface area contributed by atoms with Crippen molar-refractivity contribution in [3.8, 4) is 5.75 Å². The third-order valence-corrected chi connectivity index (χ3v) is 5.45. The van der Waals surface area contributed by atoms with Crippen LogP contribution in [0.5, 0.6) is 5.75 Å². The van der Waals surface area contributed by atoms with Crippen molar-refractivity contribution in [2.45, 2.75) is 45.9 Å². The van der Waals surface area contributed by atoms with Gasteiger partial charge in [0.05, 0.1) is 11.4 Å². The lowest BCUT2D eigenvalue weighted by molar-refractivity contribution is -0.0495. The summed E-state index contributed by atoms with van der Waals surface area (Å²) in [5.41, 5.74) is 4.65. The van der Waals surface area contributed by atoms with Crippen LogP contribution in [0.2, 0.25) is 0 Å². The number of aryl methyl sites for hydroxylation is 2. The van der Waals surface area contributed by atoms with Crippen LogP contribution in [-0.2, 0) is 0 Å². The Kier molecular flexibility index (Phi) is 5.36. The Balaban J connectivity index is 1.46. The summed E-state index contributed by atoms with van der Waals surface area (Å²) >= 11 is 0. The molecule has 1 saturated heterocycles. The van der Waals surface area contributed by atoms with Crippen LogP contribution in [0.4, 0.5) is 14.5 Å². The Labute approximate surface area is 168 Å². The maximum Gasteiger partial charge on any atom is 0.387 e. The first-order valence-corrected chi connectivity index (χ1v) is 9.79. The molecule has 3 heterocycles. The number of alkyl halides is 2. The number of hydrogen-bond acceptors (Lipinski definition) is 5. The molecule has 1 aromatic carbocycles. The second-order valence-corrected chi connectivity index (χ2v) is 7.52. The van der Waals surface area contributed by atoms with Crippen molar-refractivity contribution in [3.05, 3.63) is 53.5 Å². The Morgan fingerprint density at radius 3 is 2.83 bits per heavy atom. The molecule has 0 amide bonds. The molecule has 2 atom stereocenters. The molecule has 0 aliphatic carbocycles. The van der Waals surface area contributed by atoms with Gasteiger partial charge in [-0.3, -0.25) is 0 Å². The van der Waals surface area contributed by atoms with Gasteiger partial charge in [0.25, 0.3) is 0 Å². The fraction of sp³-hybridized carbons (Fsp3) is 0.429. The van der Waals surface area contributed by atoms with E-state index in [9.17, 15) is 8.78 Å². The predicted octanol–water partition coefficient (Wildman–Crippen LogP) is 3.88. The predicted molar refractivity (Wildman–Crippen MR) is 108 cm³/mol. The summed E-state index contributed by atoms with van der Waals surface area (Å²) in [5.74, 6) is 0.218. The van der Waals surface area contributed by atoms with E-state index in [4.69, 9.17) is 0 Å². The molecule has 0 bridgehead atoms. The van der Waals surface area contributed by atoms with Crippen molar-refractivity contribution in [2.24, 2.45) is 0 Å². The van der Waals surface area contributed by atoms with E-state index in [1.54, 1.807) is 12.1 Å². The van der Waals surface area contributed by atoms with E-state index in [2.05, 4.69) is 32.0 Å². The van der Waals surface area contributed by atoms with Gasteiger partial charge in [0.15, 0.2) is 5.65 Å². The lowest BCUT2D eigenvalue weighted by Gasteiger charge is -2.24. The van der Waals surface area contributed by atoms with E-state index in [0.717, 1.165) is 42.1 Å². The van der Waals surface area contributed by atoms with Gasteiger partial charge in [-0.05, 0) is 39.3 Å². The van der Waals surface area contributed by atoms with Crippen molar-refractivity contribution in [1.82, 2.24) is 19.9 Å². The quantitative estimate of drug-likeness (QED) is 0.679. The molecule has 0 spiro atoms. The van der Waals surface area contributed by atoms with Crippen LogP contribution in [0.15, 0.2) is 36.5 Å². The maximum absolute atomic E-state index is 12.7. The number of nitrogens with one attached hydrogen (secondary N) is 1. The Morgan fingerprint density at radius 1 is 1.24 bits per heavy atom. The summed E-state index contributed by atoms with van der Waals surface area (Å²) in [6.45, 7) is 4.80. The SMILES string of the molecule is Cc1cc2ncc(C(C)NC3CCN(c4ccccc4OC(F)F)C3)c(C)n2n1. The number of nitrogens with zero attached hydrogens (tertiary/aromatic N) is 4. The topological polar surface area (TPSA) is 54.7 Å². The van der Waals surface area contributed by atoms with Crippen LogP contribution in [-0.4, -0.2) is 40.3 Å². The summed E-state index contributed by atoms with van der Waals surface area (Å²) in [6.07, 6.45) is 2.82. The largest absolute Gasteiger partial charge is 0.433 e. The number of rotatable bonds is 6. The summed E-state index contributed by atoms with van der Waals surface area (Å²) in [5, 5.41) is 8.17. The second kappa shape index (κ2) is 7.94. The number of fused-ring (bicyclic) bond motifs is 1. The zero-order chi connectivity index (χ0) is 20.5. The van der Waals surface area contributed by atoms with Gasteiger partial charge in [-0.2, -0.15) is 13.9 Å². The molecular formula is C21H25F2N5O. The molecule has 2 unspecified atom stereocenters. The molecule has 6 nitrogen and oxygen atoms in total. The second-order valence-electron chi connectivity index (χ2n) is 7.52. The summed E-state index contributed by atoms with van der Waals surface area (Å²) in [6, 6.07) is 9.24. The molecule has 154 valence electrons. The number of halogens is 2. The number of anilines is 1. The number of benzene rings is 1. The first kappa shape index (κ1) is 19.6. The summed E-state index contributed by atoms with van der Waals surface area (Å²) < 4.78 is 32.0. The number of ether oxygens (including phenoxy) is 1. The molecule has 2 aromatic heterocycles. The zero-order valence-electron chi connectivity index (χ0n) is 16.8. The molecule has 29 heavy (non-hydrogen) atoms. The normalized spacial score (nSPS) is 18.0. The minimum atomic E-state index is -2.83. The van der Waals surface area contributed by atoms with E-state index < -0.39 is 6.61 Å². The molecule has 1 fully saturated rings. The summed E-state index contributed by atoms with van der Waals surface area (Å²) in [7, 11) is 0. The van der Waals surface area contributed by atoms with Gasteiger partial charge >= 0.3 is 6.61 Å². The first-order valence-electron chi connectivity index (χ1n) is 9.79. The third-order valence-electron chi connectivity index (χ3n) is 5.45. The highest BCUT2D eigenvalue weighted by molar-refractivity contribution is 5.59. The number of hydrogen-bond donors (Lipinski definition) is 1. The van der Waals surface area contributed by atoms with Gasteiger partial charge in [0, 0.05) is 48.7 Å². The Morgan fingerprint density at radius 2 is 2.03 bits per heavy atom. The number of aromatic nitrogens is 3. The van der Waals surface area contributed by atoms with Crippen molar-refractivity contribution in [2.75, 3.05) is 18.0 Å². The van der Waals surface area contributed by atoms with E-state index in [0.29, 0.717) is 5.69 Å². The minimum absolute atomic E-state index is 0.0916. The Bertz CT molecular complexity index is 1010. The molecule has 0 saturated carbocycles. The van der Waals surface area contributed by atoms with Gasteiger partial charge in [0.2, 0.25) is 0 Å². The van der Waals surface area contributed by atoms with Crippen LogP contribution in [0.1, 0.15) is 36.3 Å². The third kappa shape index (κ3) is 4.03. The average molecular weight is 401 g/mol. The van der Waals surface area contributed by atoms with Gasteiger partial charge in [0.1, 0.15) is 5.75 Å².